The Morgan fingerprint density at radius 2 is 2.20 bits per heavy atom. The summed E-state index contributed by atoms with van der Waals surface area (Å²) in [5.41, 5.74) is 7.28. The molecule has 8 heteroatoms. The Kier molecular flexibility index (Phi) is 5.57. The van der Waals surface area contributed by atoms with E-state index in [0.717, 1.165) is 45.4 Å². The Balaban J connectivity index is 1.88. The number of nitrogens with zero attached hydrogens (tertiary/aromatic N) is 4. The Labute approximate surface area is 147 Å². The van der Waals surface area contributed by atoms with E-state index in [9.17, 15) is 0 Å². The molecule has 25 heavy (non-hydrogen) atoms. The first-order valence-corrected chi connectivity index (χ1v) is 8.94. The molecule has 0 amide bonds. The molecule has 3 heterocycles. The molecule has 1 saturated heterocycles. The number of hydrogen-bond acceptors (Lipinski definition) is 7. The molecule has 1 aliphatic heterocycles. The number of methoxy groups -OCH3 is 1. The van der Waals surface area contributed by atoms with Gasteiger partial charge in [0.2, 0.25) is 0 Å². The first-order valence-electron chi connectivity index (χ1n) is 8.94. The molecule has 1 fully saturated rings. The van der Waals surface area contributed by atoms with Gasteiger partial charge in [0.15, 0.2) is 17.0 Å². The van der Waals surface area contributed by atoms with E-state index >= 15 is 0 Å². The van der Waals surface area contributed by atoms with Gasteiger partial charge in [-0.25, -0.2) is 0 Å². The second kappa shape index (κ2) is 7.86. The van der Waals surface area contributed by atoms with Crippen molar-refractivity contribution in [2.45, 2.75) is 52.2 Å². The number of nitrogen functional groups attached to an aromatic ring is 1. The number of fused-ring (bicyclic) bond motifs is 1. The lowest BCUT2D eigenvalue weighted by molar-refractivity contribution is 0.183. The first kappa shape index (κ1) is 17.7. The van der Waals surface area contributed by atoms with Gasteiger partial charge in [0, 0.05) is 19.8 Å². The Bertz CT molecular complexity index is 712. The van der Waals surface area contributed by atoms with Crippen molar-refractivity contribution >= 4 is 17.0 Å². The van der Waals surface area contributed by atoms with Crippen LogP contribution >= 0.6 is 0 Å². The number of aromatic nitrogens is 4. The van der Waals surface area contributed by atoms with Crippen molar-refractivity contribution in [1.82, 2.24) is 19.5 Å². The highest BCUT2D eigenvalue weighted by Crippen LogP contribution is 2.27. The molecular formula is C17H27N5O3. The minimum atomic E-state index is 0.0377. The maximum atomic E-state index is 6.08. The van der Waals surface area contributed by atoms with Gasteiger partial charge in [-0.05, 0) is 32.1 Å². The van der Waals surface area contributed by atoms with Crippen LogP contribution in [0.1, 0.15) is 39.5 Å². The van der Waals surface area contributed by atoms with E-state index in [4.69, 9.17) is 19.9 Å². The average Bonchev–Trinajstić information content (AvgIpc) is 3.20. The normalized spacial score (nSPS) is 18.6. The second-order valence-electron chi connectivity index (χ2n) is 6.55. The molecular weight excluding hydrogens is 322 g/mol. The quantitative estimate of drug-likeness (QED) is 0.781. The minimum Gasteiger partial charge on any atom is -0.468 e. The third kappa shape index (κ3) is 3.95. The van der Waals surface area contributed by atoms with Gasteiger partial charge in [0.1, 0.15) is 0 Å². The van der Waals surface area contributed by atoms with Gasteiger partial charge >= 0.3 is 6.01 Å². The summed E-state index contributed by atoms with van der Waals surface area (Å²) in [7, 11) is 1.60. The molecule has 2 N–H and O–H groups in total. The fourth-order valence-corrected chi connectivity index (χ4v) is 3.16. The van der Waals surface area contributed by atoms with Crippen LogP contribution < -0.4 is 15.2 Å². The summed E-state index contributed by atoms with van der Waals surface area (Å²) in [6, 6.07) is 0.785. The van der Waals surface area contributed by atoms with Gasteiger partial charge in [-0.15, -0.1) is 0 Å². The molecule has 0 aliphatic carbocycles. The van der Waals surface area contributed by atoms with Crippen LogP contribution in [-0.2, 0) is 11.3 Å². The van der Waals surface area contributed by atoms with E-state index in [0.29, 0.717) is 34.9 Å². The van der Waals surface area contributed by atoms with Crippen LogP contribution in [0.15, 0.2) is 0 Å². The van der Waals surface area contributed by atoms with Gasteiger partial charge in [-0.1, -0.05) is 13.3 Å². The van der Waals surface area contributed by atoms with Crippen LogP contribution in [0.25, 0.3) is 11.2 Å². The van der Waals surface area contributed by atoms with E-state index in [1.807, 2.05) is 11.5 Å². The Morgan fingerprint density at radius 1 is 1.36 bits per heavy atom. The predicted molar refractivity (Wildman–Crippen MR) is 94.8 cm³/mol. The van der Waals surface area contributed by atoms with Crippen LogP contribution in [0.2, 0.25) is 0 Å². The number of hydrogen-bond donors (Lipinski definition) is 1. The van der Waals surface area contributed by atoms with Crippen molar-refractivity contribution in [2.75, 3.05) is 26.1 Å². The molecule has 0 spiro atoms. The van der Waals surface area contributed by atoms with E-state index in [1.165, 1.54) is 0 Å². The van der Waals surface area contributed by atoms with E-state index in [2.05, 4.69) is 21.9 Å². The third-order valence-corrected chi connectivity index (χ3v) is 4.54. The number of imidazole rings is 1. The fraction of sp³-hybridized carbons (Fsp3) is 0.706. The summed E-state index contributed by atoms with van der Waals surface area (Å²) in [6.45, 7) is 6.52. The van der Waals surface area contributed by atoms with Gasteiger partial charge < -0.3 is 19.9 Å². The van der Waals surface area contributed by atoms with Crippen molar-refractivity contribution in [3.63, 3.8) is 0 Å². The maximum Gasteiger partial charge on any atom is 0.320 e. The number of aryl methyl sites for hydroxylation is 1. The summed E-state index contributed by atoms with van der Waals surface area (Å²) in [5, 5.41) is 0. The predicted octanol–water partition coefficient (Wildman–Crippen LogP) is 2.41. The number of anilines is 1. The maximum absolute atomic E-state index is 6.08. The molecule has 8 nitrogen and oxygen atoms in total. The molecule has 138 valence electrons. The molecule has 2 aromatic rings. The van der Waals surface area contributed by atoms with Crippen LogP contribution in [0.4, 0.5) is 5.82 Å². The number of rotatable bonds is 8. The summed E-state index contributed by atoms with van der Waals surface area (Å²) < 4.78 is 18.6. The van der Waals surface area contributed by atoms with E-state index in [1.54, 1.807) is 7.11 Å². The average molecular weight is 349 g/mol. The highest BCUT2D eigenvalue weighted by atomic mass is 16.5. The molecule has 0 radical (unpaired) electrons. The van der Waals surface area contributed by atoms with Crippen molar-refractivity contribution in [2.24, 2.45) is 5.92 Å². The van der Waals surface area contributed by atoms with Crippen LogP contribution in [0, 0.1) is 5.92 Å². The lowest BCUT2D eigenvalue weighted by Crippen LogP contribution is -2.14. The third-order valence-electron chi connectivity index (χ3n) is 4.54. The molecule has 2 atom stereocenters. The summed E-state index contributed by atoms with van der Waals surface area (Å²) in [5.74, 6) is 0.867. The zero-order valence-corrected chi connectivity index (χ0v) is 15.2. The van der Waals surface area contributed by atoms with Crippen LogP contribution in [0.3, 0.4) is 0 Å². The molecule has 3 rings (SSSR count). The summed E-state index contributed by atoms with van der Waals surface area (Å²) >= 11 is 0. The highest BCUT2D eigenvalue weighted by Gasteiger charge is 2.21. The molecule has 0 bridgehead atoms. The highest BCUT2D eigenvalue weighted by molar-refractivity contribution is 5.83. The topological polar surface area (TPSA) is 97.3 Å². The largest absolute Gasteiger partial charge is 0.468 e. The molecule has 0 saturated carbocycles. The van der Waals surface area contributed by atoms with Crippen LogP contribution in [-0.4, -0.2) is 45.9 Å². The van der Waals surface area contributed by atoms with Crippen molar-refractivity contribution in [1.29, 1.82) is 0 Å². The fourth-order valence-electron chi connectivity index (χ4n) is 3.16. The molecule has 2 aromatic heterocycles. The van der Waals surface area contributed by atoms with Gasteiger partial charge in [0.25, 0.3) is 6.01 Å². The number of nitrogens with two attached hydrogens (primary N) is 1. The molecule has 2 unspecified atom stereocenters. The van der Waals surface area contributed by atoms with Gasteiger partial charge in [0.05, 0.1) is 13.2 Å². The van der Waals surface area contributed by atoms with Crippen LogP contribution in [0.5, 0.6) is 12.0 Å². The van der Waals surface area contributed by atoms with Gasteiger partial charge in [-0.2, -0.15) is 15.0 Å². The number of ether oxygens (including phenoxy) is 3. The van der Waals surface area contributed by atoms with Crippen molar-refractivity contribution in [3.05, 3.63) is 0 Å². The first-order chi connectivity index (χ1) is 12.1. The second-order valence-corrected chi connectivity index (χ2v) is 6.55. The molecule has 1 aliphatic rings. The van der Waals surface area contributed by atoms with E-state index in [-0.39, 0.29) is 6.10 Å². The lowest BCUT2D eigenvalue weighted by Gasteiger charge is -2.13. The smallest absolute Gasteiger partial charge is 0.320 e. The Hall–Kier alpha value is -2.09. The van der Waals surface area contributed by atoms with E-state index < -0.39 is 0 Å². The standard InChI is InChI=1S/C17H27N5O3/c1-4-5-11(2)25-16-20-14(18)13-15(21-16)22(17(19-13)23-3)8-6-12-7-9-24-10-12/h11-12H,4-10H2,1-3H3,(H2,18,20,21). The summed E-state index contributed by atoms with van der Waals surface area (Å²) in [4.78, 5) is 13.2. The SMILES string of the molecule is CCCC(C)Oc1nc(N)c2nc(OC)n(CCC3CCOC3)c2n1. The summed E-state index contributed by atoms with van der Waals surface area (Å²) in [6.07, 6.45) is 4.08. The minimum absolute atomic E-state index is 0.0377. The van der Waals surface area contributed by atoms with Crippen molar-refractivity contribution < 1.29 is 14.2 Å². The lowest BCUT2D eigenvalue weighted by atomic mass is 10.1. The van der Waals surface area contributed by atoms with Gasteiger partial charge in [-0.3, -0.25) is 4.57 Å². The Morgan fingerprint density at radius 3 is 2.88 bits per heavy atom. The monoisotopic (exact) mass is 349 g/mol. The molecule has 0 aromatic carbocycles. The van der Waals surface area contributed by atoms with Crippen molar-refractivity contribution in [3.8, 4) is 12.0 Å². The zero-order chi connectivity index (χ0) is 17.8. The zero-order valence-electron chi connectivity index (χ0n) is 15.2.